The zero-order chi connectivity index (χ0) is 11.5. The Bertz CT molecular complexity index is 131. The van der Waals surface area contributed by atoms with E-state index in [-0.39, 0.29) is 0 Å². The van der Waals surface area contributed by atoms with Gasteiger partial charge in [0, 0.05) is 26.2 Å². The van der Waals surface area contributed by atoms with Crippen molar-refractivity contribution in [3.63, 3.8) is 0 Å². The van der Waals surface area contributed by atoms with Crippen LogP contribution in [0.1, 0.15) is 13.3 Å². The van der Waals surface area contributed by atoms with Gasteiger partial charge in [-0.25, -0.2) is 0 Å². The summed E-state index contributed by atoms with van der Waals surface area (Å²) in [5, 5.41) is 0. The Hall–Kier alpha value is -0.160. The van der Waals surface area contributed by atoms with Crippen LogP contribution >= 0.6 is 0 Å². The first kappa shape index (κ1) is 14.8. The first-order chi connectivity index (χ1) is 7.20. The predicted octanol–water partition coefficient (Wildman–Crippen LogP) is 0.235. The number of ether oxygens (including phenoxy) is 1. The van der Waals surface area contributed by atoms with Crippen molar-refractivity contribution in [1.29, 1.82) is 0 Å². The highest BCUT2D eigenvalue weighted by molar-refractivity contribution is 4.58. The topological polar surface area (TPSA) is 41.7 Å². The van der Waals surface area contributed by atoms with Gasteiger partial charge in [0.15, 0.2) is 0 Å². The largest absolute Gasteiger partial charge is 0.379 e. The van der Waals surface area contributed by atoms with E-state index in [9.17, 15) is 0 Å². The lowest BCUT2D eigenvalue weighted by Gasteiger charge is -2.23. The SMILES string of the molecule is CCCN(CCOCCN)CCN(C)C. The number of nitrogens with zero attached hydrogens (tertiary/aromatic N) is 2. The van der Waals surface area contributed by atoms with Crippen molar-refractivity contribution in [2.24, 2.45) is 5.73 Å². The van der Waals surface area contributed by atoms with Crippen molar-refractivity contribution < 1.29 is 4.74 Å². The fourth-order valence-corrected chi connectivity index (χ4v) is 1.37. The van der Waals surface area contributed by atoms with Gasteiger partial charge in [-0.15, -0.1) is 0 Å². The van der Waals surface area contributed by atoms with Crippen LogP contribution < -0.4 is 5.73 Å². The highest BCUT2D eigenvalue weighted by atomic mass is 16.5. The molecule has 4 nitrogen and oxygen atoms in total. The molecular weight excluding hydrogens is 190 g/mol. The van der Waals surface area contributed by atoms with Crippen LogP contribution in [0.3, 0.4) is 0 Å². The maximum atomic E-state index is 5.39. The Kier molecular flexibility index (Phi) is 10.3. The fraction of sp³-hybridized carbons (Fsp3) is 1.00. The summed E-state index contributed by atoms with van der Waals surface area (Å²) in [7, 11) is 4.21. The summed E-state index contributed by atoms with van der Waals surface area (Å²) in [6.45, 7) is 8.69. The Balaban J connectivity index is 3.53. The van der Waals surface area contributed by atoms with Crippen molar-refractivity contribution in [1.82, 2.24) is 9.80 Å². The minimum atomic E-state index is 0.617. The van der Waals surface area contributed by atoms with E-state index in [0.717, 1.165) is 32.8 Å². The molecule has 0 aromatic carbocycles. The van der Waals surface area contributed by atoms with Crippen molar-refractivity contribution in [2.45, 2.75) is 13.3 Å². The summed E-state index contributed by atoms with van der Waals surface area (Å²) in [4.78, 5) is 4.65. The monoisotopic (exact) mass is 217 g/mol. The molecule has 0 rings (SSSR count). The van der Waals surface area contributed by atoms with Crippen molar-refractivity contribution in [2.75, 3.05) is 60.0 Å². The van der Waals surface area contributed by atoms with Crippen LogP contribution in [0.2, 0.25) is 0 Å². The van der Waals surface area contributed by atoms with E-state index in [1.165, 1.54) is 6.42 Å². The zero-order valence-corrected chi connectivity index (χ0v) is 10.5. The van der Waals surface area contributed by atoms with E-state index < -0.39 is 0 Å². The third-order valence-electron chi connectivity index (χ3n) is 2.22. The second-order valence-electron chi connectivity index (χ2n) is 4.05. The molecule has 2 N–H and O–H groups in total. The molecule has 0 amide bonds. The second kappa shape index (κ2) is 10.4. The molecule has 0 atom stereocenters. The lowest BCUT2D eigenvalue weighted by molar-refractivity contribution is 0.106. The van der Waals surface area contributed by atoms with Crippen LogP contribution in [0, 0.1) is 0 Å². The average Bonchev–Trinajstić information content (AvgIpc) is 2.20. The normalized spacial score (nSPS) is 11.6. The molecule has 0 spiro atoms. The number of hydrogen-bond donors (Lipinski definition) is 1. The average molecular weight is 217 g/mol. The molecule has 4 heteroatoms. The molecule has 0 aromatic heterocycles. The fourth-order valence-electron chi connectivity index (χ4n) is 1.37. The van der Waals surface area contributed by atoms with Crippen LogP contribution in [-0.2, 0) is 4.74 Å². The predicted molar refractivity (Wildman–Crippen MR) is 65.2 cm³/mol. The highest BCUT2D eigenvalue weighted by Gasteiger charge is 2.03. The van der Waals surface area contributed by atoms with E-state index in [2.05, 4.69) is 30.8 Å². The van der Waals surface area contributed by atoms with E-state index >= 15 is 0 Å². The molecule has 0 fully saturated rings. The Morgan fingerprint density at radius 3 is 2.27 bits per heavy atom. The summed E-state index contributed by atoms with van der Waals surface area (Å²) >= 11 is 0. The van der Waals surface area contributed by atoms with Gasteiger partial charge in [0.05, 0.1) is 13.2 Å². The number of hydrogen-bond acceptors (Lipinski definition) is 4. The number of likely N-dealkylation sites (N-methyl/N-ethyl adjacent to an activating group) is 1. The van der Waals surface area contributed by atoms with E-state index in [4.69, 9.17) is 10.5 Å². The first-order valence-corrected chi connectivity index (χ1v) is 5.85. The number of nitrogens with two attached hydrogens (primary N) is 1. The maximum Gasteiger partial charge on any atom is 0.0594 e. The van der Waals surface area contributed by atoms with Crippen molar-refractivity contribution in [3.05, 3.63) is 0 Å². The molecule has 0 aliphatic rings. The molecule has 92 valence electrons. The van der Waals surface area contributed by atoms with E-state index in [0.29, 0.717) is 13.2 Å². The van der Waals surface area contributed by atoms with Gasteiger partial charge in [0.2, 0.25) is 0 Å². The molecule has 0 saturated heterocycles. The van der Waals surface area contributed by atoms with Crippen LogP contribution in [0.15, 0.2) is 0 Å². The Morgan fingerprint density at radius 1 is 1.00 bits per heavy atom. The molecule has 0 heterocycles. The molecule has 0 aromatic rings. The van der Waals surface area contributed by atoms with Gasteiger partial charge in [-0.1, -0.05) is 6.92 Å². The third kappa shape index (κ3) is 10.1. The van der Waals surface area contributed by atoms with Gasteiger partial charge >= 0.3 is 0 Å². The van der Waals surface area contributed by atoms with Gasteiger partial charge < -0.3 is 15.4 Å². The Morgan fingerprint density at radius 2 is 1.73 bits per heavy atom. The molecule has 0 radical (unpaired) electrons. The minimum absolute atomic E-state index is 0.617. The summed E-state index contributed by atoms with van der Waals surface area (Å²) in [5.74, 6) is 0. The van der Waals surface area contributed by atoms with Crippen LogP contribution in [0.5, 0.6) is 0 Å². The van der Waals surface area contributed by atoms with Crippen LogP contribution in [-0.4, -0.2) is 69.8 Å². The third-order valence-corrected chi connectivity index (χ3v) is 2.22. The summed E-state index contributed by atoms with van der Waals surface area (Å²) in [6, 6.07) is 0. The molecular formula is C11H27N3O. The standard InChI is InChI=1S/C11H27N3O/c1-4-6-14(8-7-13(2)3)9-11-15-10-5-12/h4-12H2,1-3H3. The lowest BCUT2D eigenvalue weighted by Crippen LogP contribution is -2.35. The summed E-state index contributed by atoms with van der Waals surface area (Å²) < 4.78 is 5.39. The highest BCUT2D eigenvalue weighted by Crippen LogP contribution is 1.92. The second-order valence-corrected chi connectivity index (χ2v) is 4.05. The van der Waals surface area contributed by atoms with Gasteiger partial charge in [0.25, 0.3) is 0 Å². The van der Waals surface area contributed by atoms with Crippen LogP contribution in [0.4, 0.5) is 0 Å². The molecule has 0 aliphatic carbocycles. The number of rotatable bonds is 10. The van der Waals surface area contributed by atoms with E-state index in [1.807, 2.05) is 0 Å². The van der Waals surface area contributed by atoms with Crippen LogP contribution in [0.25, 0.3) is 0 Å². The molecule has 0 saturated carbocycles. The maximum absolute atomic E-state index is 5.39. The molecule has 0 bridgehead atoms. The minimum Gasteiger partial charge on any atom is -0.379 e. The smallest absolute Gasteiger partial charge is 0.0594 e. The first-order valence-electron chi connectivity index (χ1n) is 5.85. The zero-order valence-electron chi connectivity index (χ0n) is 10.5. The molecule has 0 aliphatic heterocycles. The van der Waals surface area contributed by atoms with E-state index in [1.54, 1.807) is 0 Å². The molecule has 15 heavy (non-hydrogen) atoms. The molecule has 0 unspecified atom stereocenters. The van der Waals surface area contributed by atoms with Gasteiger partial charge in [-0.2, -0.15) is 0 Å². The van der Waals surface area contributed by atoms with Crippen molar-refractivity contribution >= 4 is 0 Å². The van der Waals surface area contributed by atoms with Gasteiger partial charge in [-0.05, 0) is 27.1 Å². The lowest BCUT2D eigenvalue weighted by atomic mass is 10.4. The van der Waals surface area contributed by atoms with Gasteiger partial charge in [0.1, 0.15) is 0 Å². The summed E-state index contributed by atoms with van der Waals surface area (Å²) in [5.41, 5.74) is 5.36. The quantitative estimate of drug-likeness (QED) is 0.532. The van der Waals surface area contributed by atoms with Crippen molar-refractivity contribution in [3.8, 4) is 0 Å². The van der Waals surface area contributed by atoms with Gasteiger partial charge in [-0.3, -0.25) is 4.90 Å². The Labute approximate surface area is 94.4 Å². The summed E-state index contributed by atoms with van der Waals surface area (Å²) in [6.07, 6.45) is 1.20.